The third-order valence-corrected chi connectivity index (χ3v) is 7.93. The van der Waals surface area contributed by atoms with E-state index in [0.717, 1.165) is 32.7 Å². The average Bonchev–Trinajstić information content (AvgIpc) is 3.12. The number of benzene rings is 3. The molecule has 0 bridgehead atoms. The molecule has 1 unspecified atom stereocenters. The maximum atomic E-state index is 11.0. The lowest BCUT2D eigenvalue weighted by Gasteiger charge is -2.35. The molecular weight excluding hydrogens is 719 g/mol. The monoisotopic (exact) mass is 749 g/mol. The van der Waals surface area contributed by atoms with Gasteiger partial charge in [-0.1, -0.05) is 42.5 Å². The summed E-state index contributed by atoms with van der Waals surface area (Å²) >= 11 is 4.76. The SMILES string of the molecule is Cl.Cl.OC(CN1CCN(C/C=C/c2ccccc2)CC1)Cn1c2ccc(I)cc2c2cc(I)ccc21. The van der Waals surface area contributed by atoms with Gasteiger partial charge in [0.2, 0.25) is 0 Å². The summed E-state index contributed by atoms with van der Waals surface area (Å²) in [5.74, 6) is 0. The first-order chi connectivity index (χ1) is 16.6. The van der Waals surface area contributed by atoms with E-state index in [1.54, 1.807) is 0 Å². The van der Waals surface area contributed by atoms with Crippen LogP contribution >= 0.6 is 70.0 Å². The van der Waals surface area contributed by atoms with Gasteiger partial charge in [0.1, 0.15) is 0 Å². The summed E-state index contributed by atoms with van der Waals surface area (Å²) in [5.41, 5.74) is 3.65. The van der Waals surface area contributed by atoms with Gasteiger partial charge in [0, 0.05) is 68.2 Å². The number of piperazine rings is 1. The summed E-state index contributed by atoms with van der Waals surface area (Å²) in [6, 6.07) is 23.7. The largest absolute Gasteiger partial charge is 0.390 e. The molecule has 0 radical (unpaired) electrons. The minimum atomic E-state index is -0.401. The second-order valence-corrected chi connectivity index (χ2v) is 11.5. The summed E-state index contributed by atoms with van der Waals surface area (Å²) in [6.45, 7) is 6.38. The van der Waals surface area contributed by atoms with Crippen LogP contribution in [0.25, 0.3) is 27.9 Å². The Labute approximate surface area is 252 Å². The summed E-state index contributed by atoms with van der Waals surface area (Å²) in [5, 5.41) is 13.6. The van der Waals surface area contributed by atoms with Crippen molar-refractivity contribution in [3.8, 4) is 0 Å². The lowest BCUT2D eigenvalue weighted by molar-refractivity contribution is 0.0688. The van der Waals surface area contributed by atoms with Crippen LogP contribution in [0.4, 0.5) is 0 Å². The summed E-state index contributed by atoms with van der Waals surface area (Å²) < 4.78 is 4.77. The molecule has 192 valence electrons. The van der Waals surface area contributed by atoms with Crippen molar-refractivity contribution in [2.75, 3.05) is 39.3 Å². The minimum absolute atomic E-state index is 0. The standard InChI is InChI=1S/C28H29I2N3O.2ClH/c29-22-8-10-27-25(17-22)26-18-23(30)9-11-28(26)33(27)20-24(34)19-32-15-13-31(14-16-32)12-4-7-21-5-2-1-3-6-21;;/h1-11,17-18,24,34H,12-16,19-20H2;2*1H/b7-4+;;. The van der Waals surface area contributed by atoms with Gasteiger partial charge in [0.25, 0.3) is 0 Å². The van der Waals surface area contributed by atoms with Gasteiger partial charge in [-0.3, -0.25) is 9.80 Å². The Morgan fingerprint density at radius 1 is 0.750 bits per heavy atom. The third kappa shape index (κ3) is 7.15. The molecule has 4 aromatic rings. The molecule has 1 N–H and O–H groups in total. The number of aliphatic hydroxyl groups is 1. The Morgan fingerprint density at radius 2 is 1.31 bits per heavy atom. The molecule has 1 aromatic heterocycles. The molecule has 0 saturated carbocycles. The molecule has 1 saturated heterocycles. The summed E-state index contributed by atoms with van der Waals surface area (Å²) in [6.07, 6.45) is 4.05. The van der Waals surface area contributed by atoms with E-state index in [-0.39, 0.29) is 24.8 Å². The highest BCUT2D eigenvalue weighted by Crippen LogP contribution is 2.31. The number of nitrogens with zero attached hydrogens (tertiary/aromatic N) is 3. The highest BCUT2D eigenvalue weighted by atomic mass is 127. The van der Waals surface area contributed by atoms with Crippen molar-refractivity contribution >= 4 is 97.9 Å². The lowest BCUT2D eigenvalue weighted by atomic mass is 10.2. The Bertz CT molecular complexity index is 1250. The molecule has 0 amide bonds. The number of aromatic nitrogens is 1. The topological polar surface area (TPSA) is 31.6 Å². The van der Waals surface area contributed by atoms with Gasteiger partial charge < -0.3 is 9.67 Å². The Kier molecular flexibility index (Phi) is 11.4. The first kappa shape index (κ1) is 29.7. The van der Waals surface area contributed by atoms with Crippen LogP contribution in [0.1, 0.15) is 5.56 Å². The van der Waals surface area contributed by atoms with Crippen molar-refractivity contribution in [1.82, 2.24) is 14.4 Å². The highest BCUT2D eigenvalue weighted by molar-refractivity contribution is 14.1. The molecule has 3 aromatic carbocycles. The van der Waals surface area contributed by atoms with Crippen molar-refractivity contribution in [2.24, 2.45) is 0 Å². The van der Waals surface area contributed by atoms with Gasteiger partial charge in [0.05, 0.1) is 12.6 Å². The van der Waals surface area contributed by atoms with E-state index < -0.39 is 6.10 Å². The molecule has 0 spiro atoms. The van der Waals surface area contributed by atoms with Crippen molar-refractivity contribution in [3.05, 3.63) is 85.5 Å². The van der Waals surface area contributed by atoms with Gasteiger partial charge >= 0.3 is 0 Å². The fraction of sp³-hybridized carbons (Fsp3) is 0.286. The molecule has 1 atom stereocenters. The molecule has 36 heavy (non-hydrogen) atoms. The molecule has 1 fully saturated rings. The molecule has 1 aliphatic rings. The van der Waals surface area contributed by atoms with Crippen molar-refractivity contribution in [1.29, 1.82) is 0 Å². The number of aliphatic hydroxyl groups excluding tert-OH is 1. The fourth-order valence-electron chi connectivity index (χ4n) is 4.87. The van der Waals surface area contributed by atoms with Crippen molar-refractivity contribution in [3.63, 3.8) is 0 Å². The van der Waals surface area contributed by atoms with Gasteiger partial charge in [-0.15, -0.1) is 24.8 Å². The highest BCUT2D eigenvalue weighted by Gasteiger charge is 2.20. The van der Waals surface area contributed by atoms with Crippen LogP contribution in [0.15, 0.2) is 72.8 Å². The smallest absolute Gasteiger partial charge is 0.0845 e. The predicted molar refractivity (Wildman–Crippen MR) is 174 cm³/mol. The number of hydrogen-bond donors (Lipinski definition) is 1. The maximum absolute atomic E-state index is 11.0. The normalized spacial score (nSPS) is 15.8. The van der Waals surface area contributed by atoms with E-state index in [0.29, 0.717) is 13.1 Å². The Hall–Kier alpha value is -0.880. The molecular formula is C28H31Cl2I2N3O. The maximum Gasteiger partial charge on any atom is 0.0845 e. The van der Waals surface area contributed by atoms with E-state index in [1.165, 1.54) is 34.5 Å². The van der Waals surface area contributed by atoms with E-state index in [9.17, 15) is 5.11 Å². The molecule has 2 heterocycles. The Balaban J connectivity index is 0.00000180. The second-order valence-electron chi connectivity index (χ2n) is 9.00. The van der Waals surface area contributed by atoms with Crippen molar-refractivity contribution < 1.29 is 5.11 Å². The van der Waals surface area contributed by atoms with Crippen LogP contribution in [0.3, 0.4) is 0 Å². The van der Waals surface area contributed by atoms with E-state index >= 15 is 0 Å². The average molecular weight is 750 g/mol. The lowest BCUT2D eigenvalue weighted by Crippen LogP contribution is -2.48. The second kappa shape index (κ2) is 13.8. The number of rotatable bonds is 7. The van der Waals surface area contributed by atoms with Crippen LogP contribution in [-0.4, -0.2) is 64.8 Å². The molecule has 1 aliphatic heterocycles. The van der Waals surface area contributed by atoms with Gasteiger partial charge in [-0.25, -0.2) is 0 Å². The molecule has 8 heteroatoms. The first-order valence-corrected chi connectivity index (χ1v) is 13.9. The molecule has 5 rings (SSSR count). The zero-order valence-electron chi connectivity index (χ0n) is 19.9. The number of hydrogen-bond acceptors (Lipinski definition) is 3. The Morgan fingerprint density at radius 3 is 1.89 bits per heavy atom. The molecule has 0 aliphatic carbocycles. The number of β-amino-alcohol motifs (C(OH)–C–C–N with tert-alkyl or cyclic N) is 1. The number of halogens is 4. The van der Waals surface area contributed by atoms with Crippen LogP contribution in [0.2, 0.25) is 0 Å². The van der Waals surface area contributed by atoms with E-state index in [1.807, 2.05) is 6.07 Å². The predicted octanol–water partition coefficient (Wildman–Crippen LogP) is 6.54. The van der Waals surface area contributed by atoms with E-state index in [4.69, 9.17) is 0 Å². The first-order valence-electron chi connectivity index (χ1n) is 11.8. The molecule has 4 nitrogen and oxygen atoms in total. The van der Waals surface area contributed by atoms with Gasteiger partial charge in [0.15, 0.2) is 0 Å². The third-order valence-electron chi connectivity index (χ3n) is 6.59. The van der Waals surface area contributed by atoms with Gasteiger partial charge in [-0.05, 0) is 87.1 Å². The zero-order chi connectivity index (χ0) is 23.5. The van der Waals surface area contributed by atoms with E-state index in [2.05, 4.69) is 132 Å². The number of fused-ring (bicyclic) bond motifs is 3. The van der Waals surface area contributed by atoms with Crippen LogP contribution < -0.4 is 0 Å². The fourth-order valence-corrected chi connectivity index (χ4v) is 5.85. The summed E-state index contributed by atoms with van der Waals surface area (Å²) in [4.78, 5) is 4.89. The quantitative estimate of drug-likeness (QED) is 0.218. The zero-order valence-corrected chi connectivity index (χ0v) is 25.8. The van der Waals surface area contributed by atoms with Crippen LogP contribution in [-0.2, 0) is 6.54 Å². The summed E-state index contributed by atoms with van der Waals surface area (Å²) in [7, 11) is 0. The van der Waals surface area contributed by atoms with Crippen molar-refractivity contribution in [2.45, 2.75) is 12.6 Å². The van der Waals surface area contributed by atoms with Gasteiger partial charge in [-0.2, -0.15) is 0 Å². The van der Waals surface area contributed by atoms with Crippen LogP contribution in [0.5, 0.6) is 0 Å². The minimum Gasteiger partial charge on any atom is -0.390 e. The van der Waals surface area contributed by atoms with Crippen LogP contribution in [0, 0.1) is 7.14 Å².